The summed E-state index contributed by atoms with van der Waals surface area (Å²) in [4.78, 5) is 0. The predicted molar refractivity (Wildman–Crippen MR) is 54.0 cm³/mol. The molecule has 0 spiro atoms. The van der Waals surface area contributed by atoms with Crippen molar-refractivity contribution in [1.82, 2.24) is 0 Å². The lowest BCUT2D eigenvalue weighted by Gasteiger charge is -2.13. The highest BCUT2D eigenvalue weighted by Gasteiger charge is 2.11. The number of benzene rings is 1. The number of hydrogen-bond acceptors (Lipinski definition) is 3. The standard InChI is InChI=1S/C11H16O3/c1-3-7(2)9-5-4-8(11(13)14)6-10(9)12/h4-7,11-14H,3H2,1-2H3. The monoisotopic (exact) mass is 196 g/mol. The first-order chi connectivity index (χ1) is 6.56. The van der Waals surface area contributed by atoms with Gasteiger partial charge in [-0.3, -0.25) is 0 Å². The molecule has 3 N–H and O–H groups in total. The Morgan fingerprint density at radius 1 is 1.29 bits per heavy atom. The van der Waals surface area contributed by atoms with Crippen LogP contribution in [0.3, 0.4) is 0 Å². The third-order valence-corrected chi connectivity index (χ3v) is 2.50. The molecule has 0 bridgehead atoms. The Hall–Kier alpha value is -1.06. The molecule has 0 fully saturated rings. The van der Waals surface area contributed by atoms with Crippen molar-refractivity contribution in [2.24, 2.45) is 0 Å². The Morgan fingerprint density at radius 2 is 1.93 bits per heavy atom. The Bertz CT molecular complexity index is 307. The average molecular weight is 196 g/mol. The topological polar surface area (TPSA) is 60.7 Å². The summed E-state index contributed by atoms with van der Waals surface area (Å²) in [6, 6.07) is 4.75. The van der Waals surface area contributed by atoms with Crippen molar-refractivity contribution < 1.29 is 15.3 Å². The van der Waals surface area contributed by atoms with E-state index in [1.54, 1.807) is 12.1 Å². The highest BCUT2D eigenvalue weighted by molar-refractivity contribution is 5.38. The van der Waals surface area contributed by atoms with Crippen LogP contribution in [0.5, 0.6) is 5.75 Å². The molecule has 0 aliphatic heterocycles. The Labute approximate surface area is 83.6 Å². The van der Waals surface area contributed by atoms with Crippen molar-refractivity contribution in [3.63, 3.8) is 0 Å². The second kappa shape index (κ2) is 4.44. The van der Waals surface area contributed by atoms with Crippen LogP contribution in [0.1, 0.15) is 43.6 Å². The number of phenols is 1. The van der Waals surface area contributed by atoms with E-state index in [1.807, 2.05) is 13.8 Å². The van der Waals surface area contributed by atoms with Gasteiger partial charge in [-0.05, 0) is 24.0 Å². The highest BCUT2D eigenvalue weighted by atomic mass is 16.5. The van der Waals surface area contributed by atoms with Crippen molar-refractivity contribution in [2.45, 2.75) is 32.5 Å². The van der Waals surface area contributed by atoms with Crippen molar-refractivity contribution >= 4 is 0 Å². The first kappa shape index (κ1) is 11.0. The smallest absolute Gasteiger partial charge is 0.178 e. The molecule has 1 atom stereocenters. The molecular formula is C11H16O3. The maximum Gasteiger partial charge on any atom is 0.178 e. The molecule has 0 radical (unpaired) electrons. The molecule has 0 saturated carbocycles. The molecule has 1 aromatic carbocycles. The minimum atomic E-state index is -1.52. The van der Waals surface area contributed by atoms with Gasteiger partial charge in [-0.15, -0.1) is 0 Å². The number of aliphatic hydroxyl groups excluding tert-OH is 1. The van der Waals surface area contributed by atoms with Crippen LogP contribution in [0, 0.1) is 0 Å². The summed E-state index contributed by atoms with van der Waals surface area (Å²) in [5, 5.41) is 27.4. The molecule has 0 aromatic heterocycles. The summed E-state index contributed by atoms with van der Waals surface area (Å²) < 4.78 is 0. The van der Waals surface area contributed by atoms with Gasteiger partial charge in [-0.1, -0.05) is 26.0 Å². The highest BCUT2D eigenvalue weighted by Crippen LogP contribution is 2.29. The van der Waals surface area contributed by atoms with E-state index in [9.17, 15) is 5.11 Å². The molecule has 78 valence electrons. The summed E-state index contributed by atoms with van der Waals surface area (Å²) in [5.74, 6) is 0.407. The molecule has 3 nitrogen and oxygen atoms in total. The minimum Gasteiger partial charge on any atom is -0.508 e. The molecule has 14 heavy (non-hydrogen) atoms. The lowest BCUT2D eigenvalue weighted by Crippen LogP contribution is -1.97. The second-order valence-electron chi connectivity index (χ2n) is 3.50. The summed E-state index contributed by atoms with van der Waals surface area (Å²) in [7, 11) is 0. The molecule has 1 rings (SSSR count). The summed E-state index contributed by atoms with van der Waals surface area (Å²) in [6.07, 6.45) is -0.582. The van der Waals surface area contributed by atoms with E-state index in [1.165, 1.54) is 6.07 Å². The first-order valence-corrected chi connectivity index (χ1v) is 4.75. The van der Waals surface area contributed by atoms with Gasteiger partial charge in [0.25, 0.3) is 0 Å². The van der Waals surface area contributed by atoms with Crippen LogP contribution in [-0.2, 0) is 0 Å². The van der Waals surface area contributed by atoms with E-state index < -0.39 is 6.29 Å². The Kier molecular flexibility index (Phi) is 3.49. The van der Waals surface area contributed by atoms with Crippen LogP contribution in [0.4, 0.5) is 0 Å². The van der Waals surface area contributed by atoms with Crippen molar-refractivity contribution in [3.8, 4) is 5.75 Å². The van der Waals surface area contributed by atoms with Gasteiger partial charge in [0.1, 0.15) is 5.75 Å². The van der Waals surface area contributed by atoms with E-state index in [0.29, 0.717) is 5.56 Å². The average Bonchev–Trinajstić information content (AvgIpc) is 2.16. The third-order valence-electron chi connectivity index (χ3n) is 2.50. The lowest BCUT2D eigenvalue weighted by atomic mass is 9.96. The molecule has 1 unspecified atom stereocenters. The van der Waals surface area contributed by atoms with Gasteiger partial charge >= 0.3 is 0 Å². The van der Waals surface area contributed by atoms with E-state index in [-0.39, 0.29) is 11.7 Å². The van der Waals surface area contributed by atoms with E-state index >= 15 is 0 Å². The van der Waals surface area contributed by atoms with E-state index in [4.69, 9.17) is 10.2 Å². The van der Waals surface area contributed by atoms with Crippen molar-refractivity contribution in [1.29, 1.82) is 0 Å². The van der Waals surface area contributed by atoms with Crippen LogP contribution in [0.25, 0.3) is 0 Å². The summed E-state index contributed by atoms with van der Waals surface area (Å²) in [5.41, 5.74) is 1.16. The zero-order valence-electron chi connectivity index (χ0n) is 8.44. The second-order valence-corrected chi connectivity index (χ2v) is 3.50. The molecular weight excluding hydrogens is 180 g/mol. The van der Waals surface area contributed by atoms with Gasteiger partial charge in [0.05, 0.1) is 0 Å². The van der Waals surface area contributed by atoms with Crippen LogP contribution in [0.2, 0.25) is 0 Å². The lowest BCUT2D eigenvalue weighted by molar-refractivity contribution is -0.0426. The van der Waals surface area contributed by atoms with Gasteiger partial charge in [-0.2, -0.15) is 0 Å². The van der Waals surface area contributed by atoms with Crippen LogP contribution >= 0.6 is 0 Å². The van der Waals surface area contributed by atoms with Gasteiger partial charge in [0, 0.05) is 5.56 Å². The van der Waals surface area contributed by atoms with E-state index in [0.717, 1.165) is 12.0 Å². The number of aromatic hydroxyl groups is 1. The van der Waals surface area contributed by atoms with Gasteiger partial charge in [-0.25, -0.2) is 0 Å². The summed E-state index contributed by atoms with van der Waals surface area (Å²) >= 11 is 0. The molecule has 0 amide bonds. The molecule has 0 aliphatic rings. The van der Waals surface area contributed by atoms with Gasteiger partial charge < -0.3 is 15.3 Å². The number of aliphatic hydroxyl groups is 2. The fourth-order valence-electron chi connectivity index (χ4n) is 1.36. The van der Waals surface area contributed by atoms with Gasteiger partial charge in [0.15, 0.2) is 6.29 Å². The predicted octanol–water partition coefficient (Wildman–Crippen LogP) is 1.89. The van der Waals surface area contributed by atoms with E-state index in [2.05, 4.69) is 0 Å². The minimum absolute atomic E-state index is 0.130. The number of rotatable bonds is 3. The first-order valence-electron chi connectivity index (χ1n) is 4.75. The number of hydrogen-bond donors (Lipinski definition) is 3. The molecule has 3 heteroatoms. The van der Waals surface area contributed by atoms with Gasteiger partial charge in [0.2, 0.25) is 0 Å². The third kappa shape index (κ3) is 2.25. The van der Waals surface area contributed by atoms with Crippen molar-refractivity contribution in [2.75, 3.05) is 0 Å². The Balaban J connectivity index is 3.01. The maximum atomic E-state index is 9.62. The summed E-state index contributed by atoms with van der Waals surface area (Å²) in [6.45, 7) is 4.06. The maximum absolute atomic E-state index is 9.62. The van der Waals surface area contributed by atoms with Crippen LogP contribution in [0.15, 0.2) is 18.2 Å². The fourth-order valence-corrected chi connectivity index (χ4v) is 1.36. The van der Waals surface area contributed by atoms with Crippen LogP contribution < -0.4 is 0 Å². The largest absolute Gasteiger partial charge is 0.508 e. The Morgan fingerprint density at radius 3 is 2.36 bits per heavy atom. The molecule has 0 saturated heterocycles. The molecule has 0 heterocycles. The SMILES string of the molecule is CCC(C)c1ccc(C(O)O)cc1O. The van der Waals surface area contributed by atoms with Crippen molar-refractivity contribution in [3.05, 3.63) is 29.3 Å². The zero-order valence-corrected chi connectivity index (χ0v) is 8.44. The van der Waals surface area contributed by atoms with Crippen LogP contribution in [-0.4, -0.2) is 15.3 Å². The quantitative estimate of drug-likeness (QED) is 0.647. The molecule has 1 aromatic rings. The normalized spacial score (nSPS) is 13.2. The number of phenolic OH excluding ortho intramolecular Hbond substituents is 1. The molecule has 0 aliphatic carbocycles. The zero-order chi connectivity index (χ0) is 10.7. The fraction of sp³-hybridized carbons (Fsp3) is 0.455.